The number of rotatable bonds is 5. The second kappa shape index (κ2) is 7.96. The second-order valence-corrected chi connectivity index (χ2v) is 8.32. The molecular weight excluding hydrogens is 360 g/mol. The molecule has 6 nitrogen and oxygen atoms in total. The Bertz CT molecular complexity index is 819. The number of fused-ring (bicyclic) bond motifs is 1. The maximum Gasteiger partial charge on any atom is 0.247 e. The zero-order valence-electron chi connectivity index (χ0n) is 15.9. The van der Waals surface area contributed by atoms with E-state index in [1.54, 1.807) is 17.4 Å². The van der Waals surface area contributed by atoms with Crippen LogP contribution < -0.4 is 0 Å². The van der Waals surface area contributed by atoms with Crippen molar-refractivity contribution in [3.05, 3.63) is 45.4 Å². The van der Waals surface area contributed by atoms with E-state index >= 15 is 0 Å². The minimum Gasteiger partial charge on any atom is -0.379 e. The average molecular weight is 387 g/mol. The van der Waals surface area contributed by atoms with Gasteiger partial charge < -0.3 is 9.64 Å². The van der Waals surface area contributed by atoms with Crippen molar-refractivity contribution in [3.8, 4) is 0 Å². The zero-order valence-corrected chi connectivity index (χ0v) is 16.7. The lowest BCUT2D eigenvalue weighted by Crippen LogP contribution is -2.36. The fourth-order valence-corrected chi connectivity index (χ4v) is 4.28. The van der Waals surface area contributed by atoms with Gasteiger partial charge in [-0.15, -0.1) is 11.3 Å². The van der Waals surface area contributed by atoms with Crippen LogP contribution >= 0.6 is 11.3 Å². The molecule has 144 valence electrons. The molecule has 7 heteroatoms. The third-order valence-corrected chi connectivity index (χ3v) is 5.94. The van der Waals surface area contributed by atoms with Crippen LogP contribution in [0.4, 0.5) is 0 Å². The summed E-state index contributed by atoms with van der Waals surface area (Å²) in [6.45, 7) is 9.85. The first-order valence-corrected chi connectivity index (χ1v) is 10.4. The Hall–Kier alpha value is -1.96. The van der Waals surface area contributed by atoms with E-state index in [0.717, 1.165) is 43.4 Å². The van der Waals surface area contributed by atoms with E-state index < -0.39 is 0 Å². The number of carbonyl (C=O) groups is 1. The maximum atomic E-state index is 12.7. The Kier molecular flexibility index (Phi) is 5.43. The molecule has 0 bridgehead atoms. The molecule has 0 spiro atoms. The highest BCUT2D eigenvalue weighted by Gasteiger charge is 2.31. The summed E-state index contributed by atoms with van der Waals surface area (Å²) in [7, 11) is 0. The third-order valence-electron chi connectivity index (χ3n) is 5.10. The monoisotopic (exact) mass is 386 g/mol. The largest absolute Gasteiger partial charge is 0.379 e. The number of hydrogen-bond acceptors (Lipinski definition) is 5. The zero-order chi connectivity index (χ0) is 18.8. The highest BCUT2D eigenvalue weighted by molar-refractivity contribution is 7.10. The minimum atomic E-state index is 0.0622. The van der Waals surface area contributed by atoms with Crippen molar-refractivity contribution in [1.82, 2.24) is 19.6 Å². The van der Waals surface area contributed by atoms with Gasteiger partial charge in [0.15, 0.2) is 0 Å². The van der Waals surface area contributed by atoms with Crippen molar-refractivity contribution >= 4 is 23.3 Å². The molecule has 0 aliphatic carbocycles. The highest BCUT2D eigenvalue weighted by Crippen LogP contribution is 2.29. The molecule has 0 aromatic carbocycles. The van der Waals surface area contributed by atoms with Crippen LogP contribution in [-0.2, 0) is 29.2 Å². The van der Waals surface area contributed by atoms with Crippen LogP contribution in [0.2, 0.25) is 0 Å². The standard InChI is InChI=1S/C20H26N4O2S/c1-15(2)24-19-14-23(20(25)6-5-16-4-3-11-27-16)12-17(19)18(21-24)13-22-7-9-26-10-8-22/h3-6,11,15H,7-10,12-14H2,1-2H3/b6-5+. The number of carbonyl (C=O) groups excluding carboxylic acids is 1. The Morgan fingerprint density at radius 3 is 2.85 bits per heavy atom. The molecule has 0 saturated carbocycles. The predicted molar refractivity (Wildman–Crippen MR) is 106 cm³/mol. The maximum absolute atomic E-state index is 12.7. The lowest BCUT2D eigenvalue weighted by molar-refractivity contribution is -0.126. The summed E-state index contributed by atoms with van der Waals surface area (Å²) in [5, 5.41) is 6.90. The number of ether oxygens (including phenoxy) is 1. The van der Waals surface area contributed by atoms with Gasteiger partial charge in [-0.3, -0.25) is 14.4 Å². The van der Waals surface area contributed by atoms with Crippen LogP contribution in [0.25, 0.3) is 6.08 Å². The first-order chi connectivity index (χ1) is 13.1. The summed E-state index contributed by atoms with van der Waals surface area (Å²) >= 11 is 1.64. The predicted octanol–water partition coefficient (Wildman–Crippen LogP) is 2.91. The van der Waals surface area contributed by atoms with Crippen molar-refractivity contribution < 1.29 is 9.53 Å². The molecule has 1 fully saturated rings. The lowest BCUT2D eigenvalue weighted by atomic mass is 10.2. The van der Waals surface area contributed by atoms with E-state index in [1.807, 2.05) is 28.5 Å². The van der Waals surface area contributed by atoms with E-state index in [0.29, 0.717) is 13.1 Å². The molecule has 1 saturated heterocycles. The van der Waals surface area contributed by atoms with Crippen LogP contribution in [-0.4, -0.2) is 51.8 Å². The Morgan fingerprint density at radius 2 is 2.15 bits per heavy atom. The first-order valence-electron chi connectivity index (χ1n) is 9.51. The summed E-state index contributed by atoms with van der Waals surface area (Å²) in [5.74, 6) is 0.0622. The molecule has 0 unspecified atom stereocenters. The van der Waals surface area contributed by atoms with Gasteiger partial charge in [-0.1, -0.05) is 6.07 Å². The number of aromatic nitrogens is 2. The quantitative estimate of drug-likeness (QED) is 0.742. The molecular formula is C20H26N4O2S. The number of amides is 1. The van der Waals surface area contributed by atoms with E-state index in [9.17, 15) is 4.79 Å². The number of thiophene rings is 1. The van der Waals surface area contributed by atoms with E-state index in [4.69, 9.17) is 9.84 Å². The molecule has 0 N–H and O–H groups in total. The van der Waals surface area contributed by atoms with Crippen molar-refractivity contribution in [1.29, 1.82) is 0 Å². The van der Waals surface area contributed by atoms with Crippen LogP contribution in [0.15, 0.2) is 23.6 Å². The normalized spacial score (nSPS) is 18.0. The van der Waals surface area contributed by atoms with Crippen LogP contribution in [0.5, 0.6) is 0 Å². The van der Waals surface area contributed by atoms with Gasteiger partial charge in [-0.25, -0.2) is 0 Å². The smallest absolute Gasteiger partial charge is 0.247 e. The van der Waals surface area contributed by atoms with Crippen molar-refractivity contribution in [3.63, 3.8) is 0 Å². The summed E-state index contributed by atoms with van der Waals surface area (Å²) in [4.78, 5) is 18.1. The van der Waals surface area contributed by atoms with Crippen LogP contribution in [0.3, 0.4) is 0 Å². The molecule has 4 rings (SSSR count). The van der Waals surface area contributed by atoms with Gasteiger partial charge in [0.05, 0.1) is 37.7 Å². The Morgan fingerprint density at radius 1 is 1.33 bits per heavy atom. The van der Waals surface area contributed by atoms with E-state index in [2.05, 4.69) is 23.4 Å². The molecule has 2 aliphatic rings. The van der Waals surface area contributed by atoms with Gasteiger partial charge in [0.25, 0.3) is 0 Å². The van der Waals surface area contributed by atoms with Gasteiger partial charge in [-0.2, -0.15) is 5.10 Å². The molecule has 2 aliphatic heterocycles. The van der Waals surface area contributed by atoms with Gasteiger partial charge >= 0.3 is 0 Å². The van der Waals surface area contributed by atoms with E-state index in [1.165, 1.54) is 11.3 Å². The summed E-state index contributed by atoms with van der Waals surface area (Å²) in [5.41, 5.74) is 3.53. The molecule has 2 aromatic heterocycles. The number of hydrogen-bond donors (Lipinski definition) is 0. The number of morpholine rings is 1. The van der Waals surface area contributed by atoms with Gasteiger partial charge in [0.1, 0.15) is 0 Å². The van der Waals surface area contributed by atoms with Crippen molar-refractivity contribution in [2.45, 2.75) is 39.5 Å². The van der Waals surface area contributed by atoms with Gasteiger partial charge in [0.2, 0.25) is 5.91 Å². The van der Waals surface area contributed by atoms with Crippen molar-refractivity contribution in [2.75, 3.05) is 26.3 Å². The first kappa shape index (κ1) is 18.4. The fraction of sp³-hybridized carbons (Fsp3) is 0.500. The molecule has 27 heavy (non-hydrogen) atoms. The van der Waals surface area contributed by atoms with Gasteiger partial charge in [0, 0.05) is 42.2 Å². The lowest BCUT2D eigenvalue weighted by Gasteiger charge is -2.26. The molecule has 1 amide bonds. The van der Waals surface area contributed by atoms with Crippen molar-refractivity contribution in [2.24, 2.45) is 0 Å². The molecule has 2 aromatic rings. The highest BCUT2D eigenvalue weighted by atomic mass is 32.1. The molecule has 4 heterocycles. The van der Waals surface area contributed by atoms with Gasteiger partial charge in [-0.05, 0) is 31.4 Å². The fourth-order valence-electron chi connectivity index (χ4n) is 3.66. The summed E-state index contributed by atoms with van der Waals surface area (Å²) < 4.78 is 7.55. The average Bonchev–Trinajstić information content (AvgIpc) is 3.38. The molecule has 0 atom stereocenters. The Balaban J connectivity index is 1.51. The number of nitrogens with zero attached hydrogens (tertiary/aromatic N) is 4. The second-order valence-electron chi connectivity index (χ2n) is 7.34. The summed E-state index contributed by atoms with van der Waals surface area (Å²) in [6, 6.07) is 4.30. The van der Waals surface area contributed by atoms with Crippen LogP contribution in [0, 0.1) is 0 Å². The summed E-state index contributed by atoms with van der Waals surface area (Å²) in [6.07, 6.45) is 3.59. The Labute approximate surface area is 164 Å². The topological polar surface area (TPSA) is 50.6 Å². The minimum absolute atomic E-state index is 0.0622. The third kappa shape index (κ3) is 4.00. The van der Waals surface area contributed by atoms with E-state index in [-0.39, 0.29) is 11.9 Å². The molecule has 0 radical (unpaired) electrons. The van der Waals surface area contributed by atoms with Crippen LogP contribution in [0.1, 0.15) is 41.7 Å². The SMILES string of the molecule is CC(C)n1nc(CN2CCOCC2)c2c1CN(C(=O)/C=C/c1cccs1)C2.